The number of hydrogen-bond donors (Lipinski definition) is 0. The monoisotopic (exact) mass is 266 g/mol. The van der Waals surface area contributed by atoms with Crippen LogP contribution >= 0.6 is 15.9 Å². The van der Waals surface area contributed by atoms with Crippen molar-refractivity contribution >= 4 is 15.9 Å². The molecule has 4 nitrogen and oxygen atoms in total. The first-order chi connectivity index (χ1) is 7.24. The molecule has 1 aromatic carbocycles. The number of aryl methyl sites for hydroxylation is 2. The predicted molar refractivity (Wildman–Crippen MR) is 61.0 cm³/mol. The van der Waals surface area contributed by atoms with Gasteiger partial charge in [0.05, 0.1) is 5.69 Å². The summed E-state index contributed by atoms with van der Waals surface area (Å²) in [4.78, 5) is 0. The highest BCUT2D eigenvalue weighted by Crippen LogP contribution is 2.24. The lowest BCUT2D eigenvalue weighted by molar-refractivity contribution is 0.763. The Balaban J connectivity index is 2.59. The molecule has 0 N–H and O–H groups in total. The molecule has 0 radical (unpaired) electrons. The first-order valence-electron chi connectivity index (χ1n) is 4.76. The lowest BCUT2D eigenvalue weighted by Crippen LogP contribution is -2.03. The second-order valence-electron chi connectivity index (χ2n) is 3.27. The van der Waals surface area contributed by atoms with Gasteiger partial charge in [-0.15, -0.1) is 5.10 Å². The van der Waals surface area contributed by atoms with Crippen molar-refractivity contribution in [1.29, 1.82) is 0 Å². The largest absolute Gasteiger partial charge is 0.196 e. The van der Waals surface area contributed by atoms with E-state index in [2.05, 4.69) is 31.5 Å². The standard InChI is InChI=1S/C10H11BrN4/c1-3-9-12-13-14-15(9)8-6-4-5-7(2)10(8)11/h4-6H,3H2,1-2H3. The Morgan fingerprint density at radius 1 is 1.40 bits per heavy atom. The van der Waals surface area contributed by atoms with Gasteiger partial charge in [-0.1, -0.05) is 19.1 Å². The van der Waals surface area contributed by atoms with E-state index in [1.165, 1.54) is 5.56 Å². The number of benzene rings is 1. The van der Waals surface area contributed by atoms with Crippen LogP contribution in [-0.2, 0) is 6.42 Å². The molecule has 2 rings (SSSR count). The zero-order valence-electron chi connectivity index (χ0n) is 8.61. The Kier molecular flexibility index (Phi) is 2.81. The summed E-state index contributed by atoms with van der Waals surface area (Å²) in [6.45, 7) is 4.08. The van der Waals surface area contributed by atoms with Crippen molar-refractivity contribution in [2.75, 3.05) is 0 Å². The molecule has 0 saturated carbocycles. The van der Waals surface area contributed by atoms with Gasteiger partial charge < -0.3 is 0 Å². The molecular weight excluding hydrogens is 256 g/mol. The molecule has 5 heteroatoms. The molecule has 0 unspecified atom stereocenters. The molecule has 0 aliphatic rings. The van der Waals surface area contributed by atoms with E-state index < -0.39 is 0 Å². The van der Waals surface area contributed by atoms with Gasteiger partial charge in [0.25, 0.3) is 0 Å². The minimum atomic E-state index is 0.813. The number of hydrogen-bond acceptors (Lipinski definition) is 3. The SMILES string of the molecule is CCc1nnnn1-c1cccc(C)c1Br. The third-order valence-electron chi connectivity index (χ3n) is 2.25. The molecule has 0 fully saturated rings. The number of halogens is 1. The number of aromatic nitrogens is 4. The smallest absolute Gasteiger partial charge is 0.156 e. The summed E-state index contributed by atoms with van der Waals surface area (Å²) in [5, 5.41) is 11.6. The third-order valence-corrected chi connectivity index (χ3v) is 3.28. The quantitative estimate of drug-likeness (QED) is 0.838. The van der Waals surface area contributed by atoms with Crippen molar-refractivity contribution < 1.29 is 0 Å². The number of nitrogens with zero attached hydrogens (tertiary/aromatic N) is 4. The van der Waals surface area contributed by atoms with Crippen LogP contribution in [-0.4, -0.2) is 20.2 Å². The van der Waals surface area contributed by atoms with Gasteiger partial charge in [-0.2, -0.15) is 4.68 Å². The molecule has 15 heavy (non-hydrogen) atoms. The van der Waals surface area contributed by atoms with Gasteiger partial charge in [0, 0.05) is 10.9 Å². The molecule has 0 amide bonds. The average molecular weight is 267 g/mol. The van der Waals surface area contributed by atoms with E-state index in [1.807, 2.05) is 32.0 Å². The zero-order chi connectivity index (χ0) is 10.8. The van der Waals surface area contributed by atoms with E-state index in [9.17, 15) is 0 Å². The number of rotatable bonds is 2. The van der Waals surface area contributed by atoms with Crippen molar-refractivity contribution in [3.05, 3.63) is 34.1 Å². The lowest BCUT2D eigenvalue weighted by atomic mass is 10.2. The van der Waals surface area contributed by atoms with E-state index in [0.29, 0.717) is 0 Å². The Morgan fingerprint density at radius 3 is 2.93 bits per heavy atom. The summed E-state index contributed by atoms with van der Waals surface area (Å²) in [6.07, 6.45) is 0.813. The molecule has 0 aliphatic carbocycles. The zero-order valence-corrected chi connectivity index (χ0v) is 10.2. The summed E-state index contributed by atoms with van der Waals surface area (Å²) < 4.78 is 2.80. The molecule has 0 aliphatic heterocycles. The summed E-state index contributed by atoms with van der Waals surface area (Å²) in [5.41, 5.74) is 2.15. The minimum absolute atomic E-state index is 0.813. The molecule has 0 atom stereocenters. The van der Waals surface area contributed by atoms with E-state index in [-0.39, 0.29) is 0 Å². The first-order valence-corrected chi connectivity index (χ1v) is 5.56. The van der Waals surface area contributed by atoms with E-state index in [4.69, 9.17) is 0 Å². The number of tetrazole rings is 1. The van der Waals surface area contributed by atoms with E-state index >= 15 is 0 Å². The van der Waals surface area contributed by atoms with Gasteiger partial charge in [0.2, 0.25) is 0 Å². The van der Waals surface area contributed by atoms with Crippen molar-refractivity contribution in [2.24, 2.45) is 0 Å². The van der Waals surface area contributed by atoms with Crippen LogP contribution in [0.1, 0.15) is 18.3 Å². The highest BCUT2D eigenvalue weighted by atomic mass is 79.9. The third kappa shape index (κ3) is 1.79. The first kappa shape index (κ1) is 10.3. The highest BCUT2D eigenvalue weighted by molar-refractivity contribution is 9.10. The van der Waals surface area contributed by atoms with Gasteiger partial charge in [-0.05, 0) is 44.9 Å². The van der Waals surface area contributed by atoms with Crippen LogP contribution in [0.5, 0.6) is 0 Å². The van der Waals surface area contributed by atoms with Gasteiger partial charge in [-0.25, -0.2) is 0 Å². The molecule has 1 heterocycles. The average Bonchev–Trinajstić information content (AvgIpc) is 2.70. The maximum absolute atomic E-state index is 3.98. The van der Waals surface area contributed by atoms with Gasteiger partial charge in [-0.3, -0.25) is 0 Å². The van der Waals surface area contributed by atoms with Crippen molar-refractivity contribution in [1.82, 2.24) is 20.2 Å². The molecule has 1 aromatic heterocycles. The summed E-state index contributed by atoms with van der Waals surface area (Å²) in [6, 6.07) is 6.03. The minimum Gasteiger partial charge on any atom is -0.196 e. The maximum Gasteiger partial charge on any atom is 0.156 e. The Bertz CT molecular complexity index is 478. The van der Waals surface area contributed by atoms with Gasteiger partial charge in [0.15, 0.2) is 5.82 Å². The Morgan fingerprint density at radius 2 is 2.20 bits per heavy atom. The Labute approximate surface area is 96.4 Å². The van der Waals surface area contributed by atoms with Crippen LogP contribution in [0.2, 0.25) is 0 Å². The normalized spacial score (nSPS) is 10.6. The van der Waals surface area contributed by atoms with Crippen molar-refractivity contribution in [3.63, 3.8) is 0 Å². The second-order valence-corrected chi connectivity index (χ2v) is 4.06. The van der Waals surface area contributed by atoms with Crippen LogP contribution in [0, 0.1) is 6.92 Å². The molecule has 0 bridgehead atoms. The van der Waals surface area contributed by atoms with Crippen LogP contribution in [0.3, 0.4) is 0 Å². The van der Waals surface area contributed by atoms with Crippen LogP contribution < -0.4 is 0 Å². The second kappa shape index (κ2) is 4.10. The maximum atomic E-state index is 3.98. The molecule has 0 spiro atoms. The fourth-order valence-corrected chi connectivity index (χ4v) is 1.84. The van der Waals surface area contributed by atoms with Crippen molar-refractivity contribution in [3.8, 4) is 5.69 Å². The van der Waals surface area contributed by atoms with E-state index in [1.54, 1.807) is 4.68 Å². The molecule has 78 valence electrons. The highest BCUT2D eigenvalue weighted by Gasteiger charge is 2.10. The molecule has 0 saturated heterocycles. The van der Waals surface area contributed by atoms with Crippen molar-refractivity contribution in [2.45, 2.75) is 20.3 Å². The lowest BCUT2D eigenvalue weighted by Gasteiger charge is -2.07. The van der Waals surface area contributed by atoms with Gasteiger partial charge in [0.1, 0.15) is 0 Å². The molecule has 2 aromatic rings. The van der Waals surface area contributed by atoms with Crippen LogP contribution in [0.15, 0.2) is 22.7 Å². The summed E-state index contributed by atoms with van der Waals surface area (Å²) in [7, 11) is 0. The Hall–Kier alpha value is -1.23. The fourth-order valence-electron chi connectivity index (χ4n) is 1.41. The fraction of sp³-hybridized carbons (Fsp3) is 0.300. The topological polar surface area (TPSA) is 43.6 Å². The summed E-state index contributed by atoms with van der Waals surface area (Å²) in [5.74, 6) is 0.862. The molecular formula is C10H11BrN4. The predicted octanol–water partition coefficient (Wildman–Crippen LogP) is 2.30. The van der Waals surface area contributed by atoms with Gasteiger partial charge >= 0.3 is 0 Å². The van der Waals surface area contributed by atoms with Crippen LogP contribution in [0.25, 0.3) is 5.69 Å². The van der Waals surface area contributed by atoms with E-state index in [0.717, 1.165) is 22.4 Å². The van der Waals surface area contributed by atoms with Crippen LogP contribution in [0.4, 0.5) is 0 Å². The summed E-state index contributed by atoms with van der Waals surface area (Å²) >= 11 is 3.55.